The maximum Gasteiger partial charge on any atom is 0.275 e. The smallest absolute Gasteiger partial charge is 0.275 e. The van der Waals surface area contributed by atoms with E-state index in [1.165, 1.54) is 23.5 Å². The van der Waals surface area contributed by atoms with E-state index in [4.69, 9.17) is 4.42 Å². The van der Waals surface area contributed by atoms with Gasteiger partial charge >= 0.3 is 0 Å². The average Bonchev–Trinajstić information content (AvgIpc) is 3.39. The van der Waals surface area contributed by atoms with Gasteiger partial charge in [-0.2, -0.15) is 0 Å². The largest absolute Gasteiger partial charge is 0.457 e. The van der Waals surface area contributed by atoms with Gasteiger partial charge in [-0.05, 0) is 55.3 Å². The van der Waals surface area contributed by atoms with Crippen molar-refractivity contribution in [1.29, 1.82) is 0 Å². The van der Waals surface area contributed by atoms with Crippen LogP contribution in [0.4, 0.5) is 5.69 Å². The van der Waals surface area contributed by atoms with Crippen LogP contribution >= 0.6 is 11.3 Å². The fourth-order valence-electron chi connectivity index (χ4n) is 3.57. The van der Waals surface area contributed by atoms with Crippen molar-refractivity contribution < 1.29 is 9.34 Å². The highest BCUT2D eigenvalue weighted by Gasteiger charge is 2.14. The van der Waals surface area contributed by atoms with E-state index >= 15 is 0 Å². The summed E-state index contributed by atoms with van der Waals surface area (Å²) in [4.78, 5) is 28.6. The van der Waals surface area contributed by atoms with Crippen molar-refractivity contribution in [2.45, 2.75) is 13.8 Å². The van der Waals surface area contributed by atoms with Crippen LogP contribution in [0.5, 0.6) is 0 Å². The summed E-state index contributed by atoms with van der Waals surface area (Å²) < 4.78 is 8.02. The van der Waals surface area contributed by atoms with E-state index in [2.05, 4.69) is 11.1 Å². The molecule has 0 N–H and O–H groups in total. The number of hydrogen-bond acceptors (Lipinski definition) is 6. The lowest BCUT2D eigenvalue weighted by atomic mass is 10.1. The predicted octanol–water partition coefficient (Wildman–Crippen LogP) is 4.24. The second-order valence-corrected chi connectivity index (χ2v) is 8.11. The average molecular weight is 417 g/mol. The molecule has 8 heteroatoms. The Labute approximate surface area is 173 Å². The van der Waals surface area contributed by atoms with Gasteiger partial charge in [-0.1, -0.05) is 17.4 Å². The lowest BCUT2D eigenvalue weighted by Gasteiger charge is -1.97. The number of aromatic nitrogens is 2. The van der Waals surface area contributed by atoms with Gasteiger partial charge in [0.2, 0.25) is 0 Å². The van der Waals surface area contributed by atoms with Gasteiger partial charge in [0.15, 0.2) is 4.96 Å². The van der Waals surface area contributed by atoms with Gasteiger partial charge in [-0.3, -0.25) is 14.9 Å². The van der Waals surface area contributed by atoms with Crippen molar-refractivity contribution in [3.63, 3.8) is 0 Å². The van der Waals surface area contributed by atoms with Gasteiger partial charge in [0.25, 0.3) is 11.2 Å². The van der Waals surface area contributed by atoms with Gasteiger partial charge in [0.1, 0.15) is 16.1 Å². The molecule has 30 heavy (non-hydrogen) atoms. The van der Waals surface area contributed by atoms with Crippen molar-refractivity contribution in [2.24, 2.45) is 0 Å². The number of fused-ring (bicyclic) bond motifs is 3. The van der Waals surface area contributed by atoms with E-state index in [0.29, 0.717) is 21.0 Å². The monoisotopic (exact) mass is 417 g/mol. The van der Waals surface area contributed by atoms with Crippen LogP contribution in [0.1, 0.15) is 16.9 Å². The molecule has 0 radical (unpaired) electrons. The van der Waals surface area contributed by atoms with Crippen molar-refractivity contribution in [3.8, 4) is 11.3 Å². The lowest BCUT2D eigenvalue weighted by molar-refractivity contribution is -0.384. The molecule has 0 aliphatic carbocycles. The number of nitrogens with zero attached hydrogens (tertiary/aromatic N) is 3. The van der Waals surface area contributed by atoms with Gasteiger partial charge in [-0.25, -0.2) is 9.38 Å². The Balaban J connectivity index is 1.58. The Morgan fingerprint density at radius 2 is 1.90 bits per heavy atom. The lowest BCUT2D eigenvalue weighted by Crippen LogP contribution is -2.22. The third-order valence-corrected chi connectivity index (χ3v) is 5.91. The summed E-state index contributed by atoms with van der Waals surface area (Å²) in [6.45, 7) is 3.99. The molecule has 0 fully saturated rings. The normalized spacial score (nSPS) is 12.3. The maximum absolute atomic E-state index is 13.0. The summed E-state index contributed by atoms with van der Waals surface area (Å²) in [6, 6.07) is 13.7. The van der Waals surface area contributed by atoms with E-state index in [9.17, 15) is 14.9 Å². The summed E-state index contributed by atoms with van der Waals surface area (Å²) in [5, 5.41) is 10.8. The van der Waals surface area contributed by atoms with Crippen molar-refractivity contribution in [3.05, 3.63) is 90.4 Å². The van der Waals surface area contributed by atoms with Crippen LogP contribution in [0.25, 0.3) is 33.4 Å². The first-order valence-electron chi connectivity index (χ1n) is 9.19. The Morgan fingerprint density at radius 1 is 1.13 bits per heavy atom. The van der Waals surface area contributed by atoms with Crippen LogP contribution in [0.15, 0.2) is 57.7 Å². The first-order chi connectivity index (χ1) is 14.4. The molecule has 0 saturated heterocycles. The molecule has 0 unspecified atom stereocenters. The third kappa shape index (κ3) is 2.89. The number of non-ortho nitro benzene ring substituents is 1. The number of hydrogen-bond donors (Lipinski definition) is 0. The van der Waals surface area contributed by atoms with Crippen LogP contribution in [0.2, 0.25) is 0 Å². The minimum absolute atomic E-state index is 0.0210. The van der Waals surface area contributed by atoms with Crippen molar-refractivity contribution >= 4 is 39.1 Å². The van der Waals surface area contributed by atoms with E-state index in [-0.39, 0.29) is 11.2 Å². The number of aryl methyl sites for hydroxylation is 2. The summed E-state index contributed by atoms with van der Waals surface area (Å²) in [5.41, 5.74) is 4.40. The zero-order valence-corrected chi connectivity index (χ0v) is 16.9. The van der Waals surface area contributed by atoms with Gasteiger partial charge in [0.05, 0.1) is 16.0 Å². The van der Waals surface area contributed by atoms with Gasteiger partial charge in [-0.15, -0.1) is 0 Å². The highest BCUT2D eigenvalue weighted by molar-refractivity contribution is 7.15. The molecule has 0 spiro atoms. The molecule has 0 atom stereocenters. The standard InChI is InChI=1S/C22H15N3O4S/c1-12-9-13(2)20-17(10-12)24-21(26)19(30-22(24)23-20)11-16-7-8-18(29-16)14-3-5-15(6-4-14)25(27)28/h3-11H,1-2H3. The number of imidazole rings is 1. The minimum atomic E-state index is -0.444. The number of furan rings is 1. The highest BCUT2D eigenvalue weighted by Crippen LogP contribution is 2.25. The third-order valence-electron chi connectivity index (χ3n) is 4.94. The highest BCUT2D eigenvalue weighted by atomic mass is 32.1. The van der Waals surface area contributed by atoms with Crippen LogP contribution in [-0.4, -0.2) is 14.3 Å². The molecule has 148 valence electrons. The molecule has 0 aliphatic heterocycles. The van der Waals surface area contributed by atoms with Crippen LogP contribution in [-0.2, 0) is 0 Å². The zero-order valence-electron chi connectivity index (χ0n) is 16.1. The van der Waals surface area contributed by atoms with Crippen molar-refractivity contribution in [1.82, 2.24) is 9.38 Å². The molecule has 7 nitrogen and oxygen atoms in total. The Bertz CT molecular complexity index is 1560. The molecule has 5 aromatic rings. The molecule has 0 aliphatic rings. The molecule has 2 aromatic carbocycles. The molecule has 3 heterocycles. The molecule has 5 rings (SSSR count). The second kappa shape index (κ2) is 6.64. The van der Waals surface area contributed by atoms with E-state index < -0.39 is 4.92 Å². The Kier molecular flexibility index (Phi) is 4.04. The van der Waals surface area contributed by atoms with E-state index in [1.54, 1.807) is 34.7 Å². The molecule has 0 saturated carbocycles. The van der Waals surface area contributed by atoms with E-state index in [1.807, 2.05) is 19.9 Å². The molecule has 3 aromatic heterocycles. The summed E-state index contributed by atoms with van der Waals surface area (Å²) in [7, 11) is 0. The quantitative estimate of drug-likeness (QED) is 0.323. The first-order valence-corrected chi connectivity index (χ1v) is 10.0. The van der Waals surface area contributed by atoms with Crippen molar-refractivity contribution in [2.75, 3.05) is 0 Å². The van der Waals surface area contributed by atoms with Crippen LogP contribution < -0.4 is 10.1 Å². The topological polar surface area (TPSA) is 90.7 Å². The zero-order chi connectivity index (χ0) is 21.0. The number of nitro benzene ring substituents is 1. The second-order valence-electron chi connectivity index (χ2n) is 7.10. The Morgan fingerprint density at radius 3 is 2.63 bits per heavy atom. The van der Waals surface area contributed by atoms with Gasteiger partial charge < -0.3 is 4.42 Å². The van der Waals surface area contributed by atoms with Crippen LogP contribution in [0.3, 0.4) is 0 Å². The number of nitro groups is 1. The fraction of sp³-hybridized carbons (Fsp3) is 0.0909. The molecular formula is C22H15N3O4S. The predicted molar refractivity (Wildman–Crippen MR) is 116 cm³/mol. The molecule has 0 amide bonds. The summed E-state index contributed by atoms with van der Waals surface area (Å²) in [5.74, 6) is 1.10. The fourth-order valence-corrected chi connectivity index (χ4v) is 4.53. The number of rotatable bonds is 3. The molecular weight excluding hydrogens is 402 g/mol. The van der Waals surface area contributed by atoms with Gasteiger partial charge in [0, 0.05) is 23.8 Å². The molecule has 0 bridgehead atoms. The summed E-state index contributed by atoms with van der Waals surface area (Å²) >= 11 is 1.32. The van der Waals surface area contributed by atoms with E-state index in [0.717, 1.165) is 27.7 Å². The summed E-state index contributed by atoms with van der Waals surface area (Å²) in [6.07, 6.45) is 1.70. The number of benzene rings is 2. The Hall–Kier alpha value is -3.78. The van der Waals surface area contributed by atoms with Crippen LogP contribution in [0, 0.1) is 24.0 Å². The SMILES string of the molecule is Cc1cc(C)c2nc3sc(=Cc4ccc(-c5ccc([N+](=O)[O-])cc5)o4)c(=O)n3c2c1. The number of thiazole rings is 1. The minimum Gasteiger partial charge on any atom is -0.457 e. The maximum atomic E-state index is 13.0. The first kappa shape index (κ1) is 18.3.